The topological polar surface area (TPSA) is 78.3 Å². The third-order valence-electron chi connectivity index (χ3n) is 4.25. The molecule has 2 aromatic heterocycles. The molecule has 0 radical (unpaired) electrons. The van der Waals surface area contributed by atoms with Gasteiger partial charge in [0.05, 0.1) is 30.0 Å². The average molecular weight is 394 g/mol. The van der Waals surface area contributed by atoms with Gasteiger partial charge in [0.1, 0.15) is 17.2 Å². The van der Waals surface area contributed by atoms with Gasteiger partial charge < -0.3 is 9.47 Å². The molecular weight excluding hydrogens is 376 g/mol. The van der Waals surface area contributed by atoms with Crippen LogP contribution >= 0.6 is 11.3 Å². The van der Waals surface area contributed by atoms with E-state index in [2.05, 4.69) is 15.4 Å². The summed E-state index contributed by atoms with van der Waals surface area (Å²) in [4.78, 5) is 17.4. The second kappa shape index (κ2) is 7.32. The smallest absolute Gasteiger partial charge is 0.261 e. The van der Waals surface area contributed by atoms with Crippen LogP contribution in [0.25, 0.3) is 21.5 Å². The average Bonchev–Trinajstić information content (AvgIpc) is 3.29. The summed E-state index contributed by atoms with van der Waals surface area (Å²) < 4.78 is 13.2. The standard InChI is InChI=1S/C20H18N4O3S/c1-24-11-14(18(23-24)13-6-4-5-7-16(13)27-3)19(25)22-20-21-15-9-8-12(26-2)10-17(15)28-20/h4-11H,1-3H3,(H,21,22,25). The molecule has 7 nitrogen and oxygen atoms in total. The number of rotatable bonds is 5. The van der Waals surface area contributed by atoms with Crippen LogP contribution in [0.1, 0.15) is 10.4 Å². The monoisotopic (exact) mass is 394 g/mol. The Labute approximate surface area is 165 Å². The van der Waals surface area contributed by atoms with Gasteiger partial charge in [-0.3, -0.25) is 14.8 Å². The minimum atomic E-state index is -0.278. The van der Waals surface area contributed by atoms with Crippen LogP contribution < -0.4 is 14.8 Å². The van der Waals surface area contributed by atoms with Gasteiger partial charge in [-0.15, -0.1) is 0 Å². The van der Waals surface area contributed by atoms with Gasteiger partial charge in [-0.25, -0.2) is 4.98 Å². The fourth-order valence-electron chi connectivity index (χ4n) is 2.94. The minimum Gasteiger partial charge on any atom is -0.497 e. The van der Waals surface area contributed by atoms with Crippen LogP contribution in [0.5, 0.6) is 11.5 Å². The summed E-state index contributed by atoms with van der Waals surface area (Å²) in [6.07, 6.45) is 1.69. The first kappa shape index (κ1) is 18.0. The first-order valence-corrected chi connectivity index (χ1v) is 9.33. The number of hydrogen-bond donors (Lipinski definition) is 1. The second-order valence-electron chi connectivity index (χ2n) is 6.07. The van der Waals surface area contributed by atoms with Crippen molar-refractivity contribution < 1.29 is 14.3 Å². The Hall–Kier alpha value is -3.39. The summed E-state index contributed by atoms with van der Waals surface area (Å²) >= 11 is 1.39. The summed E-state index contributed by atoms with van der Waals surface area (Å²) in [5.41, 5.74) is 2.56. The zero-order valence-electron chi connectivity index (χ0n) is 15.6. The van der Waals surface area contributed by atoms with E-state index in [1.807, 2.05) is 42.5 Å². The molecule has 142 valence electrons. The van der Waals surface area contributed by atoms with Crippen molar-refractivity contribution in [1.29, 1.82) is 0 Å². The lowest BCUT2D eigenvalue weighted by atomic mass is 10.1. The third kappa shape index (κ3) is 3.29. The van der Waals surface area contributed by atoms with Crippen LogP contribution in [-0.2, 0) is 7.05 Å². The maximum Gasteiger partial charge on any atom is 0.261 e. The molecule has 0 spiro atoms. The van der Waals surface area contributed by atoms with Gasteiger partial charge in [0, 0.05) is 18.8 Å². The van der Waals surface area contributed by atoms with Crippen molar-refractivity contribution >= 4 is 32.6 Å². The first-order chi connectivity index (χ1) is 13.6. The number of aromatic nitrogens is 3. The molecule has 2 heterocycles. The number of methoxy groups -OCH3 is 2. The lowest BCUT2D eigenvalue weighted by Crippen LogP contribution is -2.12. The number of para-hydroxylation sites is 1. The number of nitrogens with zero attached hydrogens (tertiary/aromatic N) is 3. The third-order valence-corrected chi connectivity index (χ3v) is 5.19. The van der Waals surface area contributed by atoms with E-state index < -0.39 is 0 Å². The SMILES string of the molecule is COc1ccc2nc(NC(=O)c3cn(C)nc3-c3ccccc3OC)sc2c1. The van der Waals surface area contributed by atoms with Crippen LogP contribution in [0.15, 0.2) is 48.7 Å². The fraction of sp³-hybridized carbons (Fsp3) is 0.150. The number of carbonyl (C=O) groups excluding carboxylic acids is 1. The molecule has 1 amide bonds. The molecule has 0 fully saturated rings. The number of fused-ring (bicyclic) bond motifs is 1. The van der Waals surface area contributed by atoms with Crippen LogP contribution in [0, 0.1) is 0 Å². The molecule has 4 aromatic rings. The van der Waals surface area contributed by atoms with Crippen molar-refractivity contribution in [2.45, 2.75) is 0 Å². The highest BCUT2D eigenvalue weighted by Gasteiger charge is 2.21. The Kier molecular flexibility index (Phi) is 4.70. The summed E-state index contributed by atoms with van der Waals surface area (Å²) in [6.45, 7) is 0. The van der Waals surface area contributed by atoms with Crippen LogP contribution in [0.2, 0.25) is 0 Å². The molecule has 8 heteroatoms. The summed E-state index contributed by atoms with van der Waals surface area (Å²) in [5.74, 6) is 1.13. The first-order valence-electron chi connectivity index (χ1n) is 8.52. The van der Waals surface area contributed by atoms with Crippen LogP contribution in [0.4, 0.5) is 5.13 Å². The molecule has 28 heavy (non-hydrogen) atoms. The second-order valence-corrected chi connectivity index (χ2v) is 7.10. The number of ether oxygens (including phenoxy) is 2. The van der Waals surface area contributed by atoms with Crippen molar-refractivity contribution in [1.82, 2.24) is 14.8 Å². The number of amides is 1. The number of carbonyl (C=O) groups is 1. The highest BCUT2D eigenvalue weighted by molar-refractivity contribution is 7.22. The number of aryl methyl sites for hydroxylation is 1. The number of thiazole rings is 1. The molecule has 0 aliphatic carbocycles. The molecule has 0 atom stereocenters. The van der Waals surface area contributed by atoms with Crippen LogP contribution in [-0.4, -0.2) is 34.9 Å². The Morgan fingerprint density at radius 3 is 2.75 bits per heavy atom. The maximum atomic E-state index is 13.0. The normalized spacial score (nSPS) is 10.8. The Balaban J connectivity index is 1.67. The van der Waals surface area contributed by atoms with Gasteiger partial charge in [0.15, 0.2) is 5.13 Å². The van der Waals surface area contributed by atoms with E-state index in [9.17, 15) is 4.79 Å². The summed E-state index contributed by atoms with van der Waals surface area (Å²) in [5, 5.41) is 7.86. The van der Waals surface area contributed by atoms with Gasteiger partial charge in [0.2, 0.25) is 0 Å². The zero-order chi connectivity index (χ0) is 19.7. The molecule has 0 aliphatic heterocycles. The van der Waals surface area contributed by atoms with E-state index >= 15 is 0 Å². The lowest BCUT2D eigenvalue weighted by molar-refractivity contribution is 0.102. The van der Waals surface area contributed by atoms with Crippen molar-refractivity contribution in [3.63, 3.8) is 0 Å². The van der Waals surface area contributed by atoms with Gasteiger partial charge in [-0.2, -0.15) is 5.10 Å². The van der Waals surface area contributed by atoms with E-state index in [0.29, 0.717) is 22.1 Å². The number of hydrogen-bond acceptors (Lipinski definition) is 6. The molecule has 0 saturated carbocycles. The number of benzene rings is 2. The molecule has 4 rings (SSSR count). The Morgan fingerprint density at radius 2 is 1.96 bits per heavy atom. The van der Waals surface area contributed by atoms with Crippen molar-refractivity contribution in [2.24, 2.45) is 7.05 Å². The predicted molar refractivity (Wildman–Crippen MR) is 109 cm³/mol. The Bertz CT molecular complexity index is 1170. The number of anilines is 1. The predicted octanol–water partition coefficient (Wildman–Crippen LogP) is 3.97. The van der Waals surface area contributed by atoms with Gasteiger partial charge in [-0.1, -0.05) is 23.5 Å². The highest BCUT2D eigenvalue weighted by atomic mass is 32.1. The zero-order valence-corrected chi connectivity index (χ0v) is 16.4. The minimum absolute atomic E-state index is 0.278. The van der Waals surface area contributed by atoms with E-state index in [4.69, 9.17) is 9.47 Å². The largest absolute Gasteiger partial charge is 0.497 e. The molecular formula is C20H18N4O3S. The van der Waals surface area contributed by atoms with Crippen molar-refractivity contribution in [3.05, 3.63) is 54.2 Å². The van der Waals surface area contributed by atoms with E-state index in [0.717, 1.165) is 21.5 Å². The molecule has 0 aliphatic rings. The van der Waals surface area contributed by atoms with Gasteiger partial charge in [0.25, 0.3) is 5.91 Å². The molecule has 0 unspecified atom stereocenters. The van der Waals surface area contributed by atoms with E-state index in [1.165, 1.54) is 11.3 Å². The van der Waals surface area contributed by atoms with Crippen LogP contribution in [0.3, 0.4) is 0 Å². The van der Waals surface area contributed by atoms with Crippen molar-refractivity contribution in [2.75, 3.05) is 19.5 Å². The van der Waals surface area contributed by atoms with Gasteiger partial charge in [-0.05, 0) is 30.3 Å². The van der Waals surface area contributed by atoms with Crippen molar-refractivity contribution in [3.8, 4) is 22.8 Å². The quantitative estimate of drug-likeness (QED) is 0.554. The van der Waals surface area contributed by atoms with E-state index in [-0.39, 0.29) is 5.91 Å². The molecule has 0 saturated heterocycles. The highest BCUT2D eigenvalue weighted by Crippen LogP contribution is 2.33. The molecule has 0 bridgehead atoms. The van der Waals surface area contributed by atoms with E-state index in [1.54, 1.807) is 32.1 Å². The number of nitrogens with one attached hydrogen (secondary N) is 1. The summed E-state index contributed by atoms with van der Waals surface area (Å²) in [6, 6.07) is 13.1. The molecule has 2 aromatic carbocycles. The van der Waals surface area contributed by atoms with Gasteiger partial charge >= 0.3 is 0 Å². The summed E-state index contributed by atoms with van der Waals surface area (Å²) in [7, 11) is 4.99. The Morgan fingerprint density at radius 1 is 1.14 bits per heavy atom. The fourth-order valence-corrected chi connectivity index (χ4v) is 3.83. The molecule has 1 N–H and O–H groups in total. The lowest BCUT2D eigenvalue weighted by Gasteiger charge is -2.07. The maximum absolute atomic E-state index is 13.0.